The van der Waals surface area contributed by atoms with Crippen LogP contribution in [0.15, 0.2) is 42.5 Å². The molecular formula is C14H11ClO3. The summed E-state index contributed by atoms with van der Waals surface area (Å²) in [5.74, 6) is -0.469. The number of aromatic carboxylic acids is 1. The Morgan fingerprint density at radius 3 is 2.61 bits per heavy atom. The van der Waals surface area contributed by atoms with Crippen molar-refractivity contribution < 1.29 is 14.6 Å². The highest BCUT2D eigenvalue weighted by Crippen LogP contribution is 2.32. The molecule has 4 heteroatoms. The van der Waals surface area contributed by atoms with Crippen molar-refractivity contribution in [3.05, 3.63) is 53.1 Å². The van der Waals surface area contributed by atoms with Crippen LogP contribution in [-0.2, 0) is 0 Å². The van der Waals surface area contributed by atoms with Gasteiger partial charge < -0.3 is 9.84 Å². The first kappa shape index (κ1) is 12.5. The lowest BCUT2D eigenvalue weighted by atomic mass is 10.0. The Morgan fingerprint density at radius 2 is 2.00 bits per heavy atom. The molecule has 2 aromatic carbocycles. The summed E-state index contributed by atoms with van der Waals surface area (Å²) < 4.78 is 5.22. The minimum Gasteiger partial charge on any atom is -0.496 e. The Labute approximate surface area is 110 Å². The van der Waals surface area contributed by atoms with Gasteiger partial charge in [-0.05, 0) is 35.9 Å². The molecule has 0 fully saturated rings. The van der Waals surface area contributed by atoms with Gasteiger partial charge in [0.25, 0.3) is 0 Å². The SMILES string of the molecule is COc1cc(C(=O)O)ccc1-c1cccc(Cl)c1. The van der Waals surface area contributed by atoms with E-state index in [2.05, 4.69) is 0 Å². The fourth-order valence-electron chi connectivity index (χ4n) is 1.72. The second-order valence-electron chi connectivity index (χ2n) is 3.73. The quantitative estimate of drug-likeness (QED) is 0.917. The molecular weight excluding hydrogens is 252 g/mol. The van der Waals surface area contributed by atoms with Crippen LogP contribution in [0.2, 0.25) is 5.02 Å². The summed E-state index contributed by atoms with van der Waals surface area (Å²) in [6, 6.07) is 12.1. The predicted molar refractivity (Wildman–Crippen MR) is 70.4 cm³/mol. The van der Waals surface area contributed by atoms with E-state index in [-0.39, 0.29) is 5.56 Å². The molecule has 0 saturated heterocycles. The van der Waals surface area contributed by atoms with E-state index < -0.39 is 5.97 Å². The maximum atomic E-state index is 10.9. The average Bonchev–Trinajstić information content (AvgIpc) is 2.37. The van der Waals surface area contributed by atoms with Gasteiger partial charge in [-0.3, -0.25) is 0 Å². The zero-order valence-electron chi connectivity index (χ0n) is 9.68. The third kappa shape index (κ3) is 2.46. The Morgan fingerprint density at radius 1 is 1.22 bits per heavy atom. The fraction of sp³-hybridized carbons (Fsp3) is 0.0714. The van der Waals surface area contributed by atoms with E-state index in [0.29, 0.717) is 10.8 Å². The maximum absolute atomic E-state index is 10.9. The Hall–Kier alpha value is -2.00. The first-order chi connectivity index (χ1) is 8.61. The predicted octanol–water partition coefficient (Wildman–Crippen LogP) is 3.71. The van der Waals surface area contributed by atoms with Crippen LogP contribution in [-0.4, -0.2) is 18.2 Å². The van der Waals surface area contributed by atoms with E-state index in [1.54, 1.807) is 24.3 Å². The minimum absolute atomic E-state index is 0.192. The minimum atomic E-state index is -0.981. The number of carboxylic acid groups (broad SMARTS) is 1. The summed E-state index contributed by atoms with van der Waals surface area (Å²) in [6.07, 6.45) is 0. The molecule has 0 atom stereocenters. The molecule has 0 saturated carbocycles. The highest BCUT2D eigenvalue weighted by molar-refractivity contribution is 6.30. The van der Waals surface area contributed by atoms with E-state index in [9.17, 15) is 4.79 Å². The number of rotatable bonds is 3. The first-order valence-corrected chi connectivity index (χ1v) is 5.67. The summed E-state index contributed by atoms with van der Waals surface area (Å²) in [4.78, 5) is 10.9. The van der Waals surface area contributed by atoms with Crippen molar-refractivity contribution in [2.75, 3.05) is 7.11 Å². The number of carbonyl (C=O) groups is 1. The van der Waals surface area contributed by atoms with E-state index in [1.807, 2.05) is 12.1 Å². The second-order valence-corrected chi connectivity index (χ2v) is 4.17. The van der Waals surface area contributed by atoms with Gasteiger partial charge in [-0.25, -0.2) is 4.79 Å². The molecule has 0 aliphatic heterocycles. The van der Waals surface area contributed by atoms with E-state index in [1.165, 1.54) is 13.2 Å². The molecule has 0 aliphatic carbocycles. The van der Waals surface area contributed by atoms with Gasteiger partial charge in [0.05, 0.1) is 12.7 Å². The average molecular weight is 263 g/mol. The molecule has 18 heavy (non-hydrogen) atoms. The highest BCUT2D eigenvalue weighted by Gasteiger charge is 2.10. The molecule has 0 unspecified atom stereocenters. The molecule has 0 amide bonds. The van der Waals surface area contributed by atoms with Crippen LogP contribution < -0.4 is 4.74 Å². The van der Waals surface area contributed by atoms with Crippen molar-refractivity contribution in [3.63, 3.8) is 0 Å². The Kier molecular flexibility index (Phi) is 3.53. The zero-order chi connectivity index (χ0) is 13.1. The first-order valence-electron chi connectivity index (χ1n) is 5.29. The van der Waals surface area contributed by atoms with Gasteiger partial charge in [0.15, 0.2) is 0 Å². The summed E-state index contributed by atoms with van der Waals surface area (Å²) in [6.45, 7) is 0. The second kappa shape index (κ2) is 5.10. The number of benzene rings is 2. The third-order valence-electron chi connectivity index (χ3n) is 2.58. The molecule has 2 aromatic rings. The van der Waals surface area contributed by atoms with Crippen LogP contribution in [0.4, 0.5) is 0 Å². The van der Waals surface area contributed by atoms with Crippen molar-refractivity contribution in [3.8, 4) is 16.9 Å². The smallest absolute Gasteiger partial charge is 0.335 e. The number of halogens is 1. The molecule has 1 N–H and O–H groups in total. The number of ether oxygens (including phenoxy) is 1. The van der Waals surface area contributed by atoms with Gasteiger partial charge in [0.1, 0.15) is 5.75 Å². The monoisotopic (exact) mass is 262 g/mol. The molecule has 0 aromatic heterocycles. The van der Waals surface area contributed by atoms with Crippen LogP contribution in [0.5, 0.6) is 5.75 Å². The van der Waals surface area contributed by atoms with Crippen molar-refractivity contribution in [2.24, 2.45) is 0 Å². The molecule has 0 spiro atoms. The number of hydrogen-bond donors (Lipinski definition) is 1. The van der Waals surface area contributed by atoms with Gasteiger partial charge in [-0.1, -0.05) is 23.7 Å². The zero-order valence-corrected chi connectivity index (χ0v) is 10.4. The summed E-state index contributed by atoms with van der Waals surface area (Å²) in [5, 5.41) is 9.56. The van der Waals surface area contributed by atoms with E-state index >= 15 is 0 Å². The number of carboxylic acids is 1. The molecule has 0 aliphatic rings. The molecule has 0 heterocycles. The molecule has 3 nitrogen and oxygen atoms in total. The van der Waals surface area contributed by atoms with Crippen molar-refractivity contribution >= 4 is 17.6 Å². The van der Waals surface area contributed by atoms with Gasteiger partial charge in [0.2, 0.25) is 0 Å². The number of methoxy groups -OCH3 is 1. The fourth-order valence-corrected chi connectivity index (χ4v) is 1.91. The van der Waals surface area contributed by atoms with Crippen LogP contribution >= 0.6 is 11.6 Å². The standard InChI is InChI=1S/C14H11ClO3/c1-18-13-8-10(14(16)17)5-6-12(13)9-3-2-4-11(15)7-9/h2-8H,1H3,(H,16,17). The Bertz CT molecular complexity index is 593. The summed E-state index contributed by atoms with van der Waals surface area (Å²) >= 11 is 5.94. The van der Waals surface area contributed by atoms with Gasteiger partial charge in [-0.2, -0.15) is 0 Å². The van der Waals surface area contributed by atoms with Crippen molar-refractivity contribution in [1.82, 2.24) is 0 Å². The van der Waals surface area contributed by atoms with Crippen LogP contribution in [0, 0.1) is 0 Å². The van der Waals surface area contributed by atoms with E-state index in [4.69, 9.17) is 21.4 Å². The van der Waals surface area contributed by atoms with Crippen molar-refractivity contribution in [2.45, 2.75) is 0 Å². The lowest BCUT2D eigenvalue weighted by molar-refractivity contribution is 0.0696. The molecule has 0 bridgehead atoms. The van der Waals surface area contributed by atoms with Gasteiger partial charge >= 0.3 is 5.97 Å². The lowest BCUT2D eigenvalue weighted by Gasteiger charge is -2.09. The molecule has 92 valence electrons. The topological polar surface area (TPSA) is 46.5 Å². The molecule has 2 rings (SSSR count). The van der Waals surface area contributed by atoms with E-state index in [0.717, 1.165) is 11.1 Å². The third-order valence-corrected chi connectivity index (χ3v) is 2.82. The number of hydrogen-bond acceptors (Lipinski definition) is 2. The lowest BCUT2D eigenvalue weighted by Crippen LogP contribution is -1.97. The Balaban J connectivity index is 2.54. The molecule has 0 radical (unpaired) electrons. The normalized spacial score (nSPS) is 10.1. The van der Waals surface area contributed by atoms with Gasteiger partial charge in [-0.15, -0.1) is 0 Å². The largest absolute Gasteiger partial charge is 0.496 e. The summed E-state index contributed by atoms with van der Waals surface area (Å²) in [7, 11) is 1.51. The van der Waals surface area contributed by atoms with Crippen LogP contribution in [0.3, 0.4) is 0 Å². The van der Waals surface area contributed by atoms with Gasteiger partial charge in [0, 0.05) is 10.6 Å². The van der Waals surface area contributed by atoms with Crippen LogP contribution in [0.1, 0.15) is 10.4 Å². The summed E-state index contributed by atoms with van der Waals surface area (Å²) in [5.41, 5.74) is 1.89. The highest BCUT2D eigenvalue weighted by atomic mass is 35.5. The van der Waals surface area contributed by atoms with Crippen molar-refractivity contribution in [1.29, 1.82) is 0 Å². The van der Waals surface area contributed by atoms with Crippen LogP contribution in [0.25, 0.3) is 11.1 Å². The maximum Gasteiger partial charge on any atom is 0.335 e.